The van der Waals surface area contributed by atoms with Crippen molar-refractivity contribution in [3.8, 4) is 22.5 Å². The second kappa shape index (κ2) is 5.55. The monoisotopic (exact) mass is 300 g/mol. The Hall–Kier alpha value is -2.76. The van der Waals surface area contributed by atoms with Crippen molar-refractivity contribution >= 4 is 5.69 Å². The van der Waals surface area contributed by atoms with Gasteiger partial charge < -0.3 is 5.73 Å². The molecule has 0 atom stereocenters. The molecule has 0 bridgehead atoms. The van der Waals surface area contributed by atoms with Gasteiger partial charge in [0, 0.05) is 17.3 Å². The first-order chi connectivity index (χ1) is 10.5. The molecular weight excluding hydrogens is 286 g/mol. The number of nitrogens with two attached hydrogens (primary N) is 1. The summed E-state index contributed by atoms with van der Waals surface area (Å²) in [6.45, 7) is -0.670. The van der Waals surface area contributed by atoms with E-state index in [1.807, 2.05) is 31.2 Å². The van der Waals surface area contributed by atoms with E-state index in [1.54, 1.807) is 6.07 Å². The Labute approximate surface area is 126 Å². The van der Waals surface area contributed by atoms with E-state index < -0.39 is 6.55 Å². The second-order valence-electron chi connectivity index (χ2n) is 4.98. The maximum Gasteiger partial charge on any atom is 0.333 e. The summed E-state index contributed by atoms with van der Waals surface area (Å²) in [4.78, 5) is 4.30. The average Bonchev–Trinajstić information content (AvgIpc) is 2.99. The zero-order valence-corrected chi connectivity index (χ0v) is 11.9. The third kappa shape index (κ3) is 2.67. The highest BCUT2D eigenvalue weighted by Crippen LogP contribution is 2.29. The molecule has 4 nitrogen and oxygen atoms in total. The van der Waals surface area contributed by atoms with Gasteiger partial charge in [-0.05, 0) is 19.1 Å². The van der Waals surface area contributed by atoms with E-state index in [0.29, 0.717) is 21.6 Å². The molecule has 1 aromatic carbocycles. The lowest BCUT2D eigenvalue weighted by Crippen LogP contribution is -1.99. The van der Waals surface area contributed by atoms with Crippen LogP contribution in [0.15, 0.2) is 48.8 Å². The summed E-state index contributed by atoms with van der Waals surface area (Å²) in [7, 11) is 0. The van der Waals surface area contributed by atoms with Gasteiger partial charge in [-0.3, -0.25) is 4.98 Å². The van der Waals surface area contributed by atoms with Crippen LogP contribution in [0, 0.1) is 6.92 Å². The predicted octanol–water partition coefficient (Wildman–Crippen LogP) is 3.90. The molecule has 0 saturated heterocycles. The highest BCUT2D eigenvalue weighted by atomic mass is 19.3. The Morgan fingerprint density at radius 3 is 2.45 bits per heavy atom. The molecule has 0 aliphatic rings. The molecule has 0 aliphatic carbocycles. The van der Waals surface area contributed by atoms with E-state index in [9.17, 15) is 8.78 Å². The van der Waals surface area contributed by atoms with Crippen molar-refractivity contribution in [1.82, 2.24) is 14.8 Å². The van der Waals surface area contributed by atoms with Crippen LogP contribution < -0.4 is 5.73 Å². The molecule has 3 aromatic rings. The zero-order chi connectivity index (χ0) is 15.7. The number of rotatable bonds is 3. The molecule has 0 spiro atoms. The molecule has 2 heterocycles. The summed E-state index contributed by atoms with van der Waals surface area (Å²) < 4.78 is 25.9. The van der Waals surface area contributed by atoms with E-state index in [-0.39, 0.29) is 0 Å². The lowest BCUT2D eigenvalue weighted by molar-refractivity contribution is 0.0568. The largest absolute Gasteiger partial charge is 0.397 e. The Morgan fingerprint density at radius 1 is 1.09 bits per heavy atom. The van der Waals surface area contributed by atoms with Gasteiger partial charge in [0.15, 0.2) is 0 Å². The molecule has 0 saturated carbocycles. The van der Waals surface area contributed by atoms with E-state index in [1.165, 1.54) is 18.5 Å². The first-order valence-corrected chi connectivity index (χ1v) is 6.71. The Bertz CT molecular complexity index is 794. The molecule has 0 aliphatic heterocycles. The molecule has 112 valence electrons. The first-order valence-electron chi connectivity index (χ1n) is 6.71. The van der Waals surface area contributed by atoms with Gasteiger partial charge in [0.05, 0.1) is 23.3 Å². The van der Waals surface area contributed by atoms with Crippen molar-refractivity contribution in [1.29, 1.82) is 0 Å². The fraction of sp³-hybridized carbons (Fsp3) is 0.125. The molecule has 0 unspecified atom stereocenters. The predicted molar refractivity (Wildman–Crippen MR) is 81.3 cm³/mol. The van der Waals surface area contributed by atoms with Crippen molar-refractivity contribution in [2.45, 2.75) is 13.5 Å². The molecular formula is C16H14F2N4. The lowest BCUT2D eigenvalue weighted by atomic mass is 10.1. The number of aryl methyl sites for hydroxylation is 1. The van der Waals surface area contributed by atoms with Crippen molar-refractivity contribution in [3.63, 3.8) is 0 Å². The lowest BCUT2D eigenvalue weighted by Gasteiger charge is -2.07. The third-order valence-corrected chi connectivity index (χ3v) is 3.37. The smallest absolute Gasteiger partial charge is 0.333 e. The average molecular weight is 300 g/mol. The number of benzene rings is 1. The maximum absolute atomic E-state index is 12.6. The second-order valence-corrected chi connectivity index (χ2v) is 4.98. The van der Waals surface area contributed by atoms with E-state index in [2.05, 4.69) is 10.1 Å². The molecule has 0 amide bonds. The molecule has 3 rings (SSSR count). The molecule has 2 N–H and O–H groups in total. The minimum absolute atomic E-state index is 0.397. The Balaban J connectivity index is 2.04. The quantitative estimate of drug-likeness (QED) is 0.798. The third-order valence-electron chi connectivity index (χ3n) is 3.37. The summed E-state index contributed by atoms with van der Waals surface area (Å²) in [6, 6.07) is 11.1. The van der Waals surface area contributed by atoms with Crippen LogP contribution in [0.5, 0.6) is 0 Å². The van der Waals surface area contributed by atoms with Gasteiger partial charge in [-0.2, -0.15) is 13.9 Å². The zero-order valence-electron chi connectivity index (χ0n) is 11.9. The van der Waals surface area contributed by atoms with Gasteiger partial charge in [-0.25, -0.2) is 4.68 Å². The van der Waals surface area contributed by atoms with Crippen LogP contribution >= 0.6 is 0 Å². The van der Waals surface area contributed by atoms with Crippen molar-refractivity contribution < 1.29 is 8.78 Å². The van der Waals surface area contributed by atoms with Crippen LogP contribution in [-0.4, -0.2) is 14.8 Å². The van der Waals surface area contributed by atoms with Crippen molar-refractivity contribution in [3.05, 3.63) is 54.4 Å². The Morgan fingerprint density at radius 2 is 1.82 bits per heavy atom. The van der Waals surface area contributed by atoms with Crippen LogP contribution in [0.25, 0.3) is 22.5 Å². The van der Waals surface area contributed by atoms with Crippen molar-refractivity contribution in [2.75, 3.05) is 5.73 Å². The number of pyridine rings is 1. The van der Waals surface area contributed by atoms with Crippen LogP contribution in [0.1, 0.15) is 12.1 Å². The number of alkyl halides is 2. The summed E-state index contributed by atoms with van der Waals surface area (Å²) in [5, 5.41) is 3.85. The molecule has 0 fully saturated rings. The summed E-state index contributed by atoms with van der Waals surface area (Å²) >= 11 is 0. The number of halogens is 2. The van der Waals surface area contributed by atoms with Gasteiger partial charge in [0.2, 0.25) is 0 Å². The molecule has 6 heteroatoms. The van der Waals surface area contributed by atoms with Crippen LogP contribution in [-0.2, 0) is 0 Å². The minimum atomic E-state index is -2.67. The number of anilines is 1. The van der Waals surface area contributed by atoms with Crippen LogP contribution in [0.2, 0.25) is 0 Å². The first kappa shape index (κ1) is 14.2. The number of hydrogen-bond donors (Lipinski definition) is 1. The maximum atomic E-state index is 12.6. The summed E-state index contributed by atoms with van der Waals surface area (Å²) in [5.74, 6) is 0. The van der Waals surface area contributed by atoms with Crippen LogP contribution in [0.3, 0.4) is 0 Å². The van der Waals surface area contributed by atoms with Gasteiger partial charge >= 0.3 is 6.55 Å². The van der Waals surface area contributed by atoms with E-state index >= 15 is 0 Å². The topological polar surface area (TPSA) is 56.7 Å². The normalized spacial score (nSPS) is 11.1. The number of hydrogen-bond acceptors (Lipinski definition) is 3. The standard InChI is InChI=1S/C16H14F2N4/c1-10-2-4-11(5-3-10)15-8-12(13(19)9-20-15)14-6-7-22(21-14)16(17)18/h2-9,16H,19H2,1H3. The SMILES string of the molecule is Cc1ccc(-c2cc(-c3ccn(C(F)F)n3)c(N)cn2)cc1. The van der Waals surface area contributed by atoms with Gasteiger partial charge in [-0.15, -0.1) is 0 Å². The number of nitrogen functional groups attached to an aromatic ring is 1. The molecule has 22 heavy (non-hydrogen) atoms. The highest BCUT2D eigenvalue weighted by Gasteiger charge is 2.12. The number of aromatic nitrogens is 3. The fourth-order valence-electron chi connectivity index (χ4n) is 2.16. The van der Waals surface area contributed by atoms with Crippen molar-refractivity contribution in [2.24, 2.45) is 0 Å². The summed E-state index contributed by atoms with van der Waals surface area (Å²) in [5.41, 5.74) is 10.1. The summed E-state index contributed by atoms with van der Waals surface area (Å²) in [6.07, 6.45) is 2.75. The fourth-order valence-corrected chi connectivity index (χ4v) is 2.16. The minimum Gasteiger partial charge on any atom is -0.397 e. The van der Waals surface area contributed by atoms with E-state index in [4.69, 9.17) is 5.73 Å². The van der Waals surface area contributed by atoms with Gasteiger partial charge in [0.25, 0.3) is 0 Å². The number of nitrogens with zero attached hydrogens (tertiary/aromatic N) is 3. The van der Waals surface area contributed by atoms with E-state index in [0.717, 1.165) is 16.8 Å². The van der Waals surface area contributed by atoms with Crippen LogP contribution in [0.4, 0.5) is 14.5 Å². The highest BCUT2D eigenvalue weighted by molar-refractivity contribution is 5.77. The van der Waals surface area contributed by atoms with Gasteiger partial charge in [-0.1, -0.05) is 29.8 Å². The Kier molecular flexibility index (Phi) is 3.58. The molecule has 0 radical (unpaired) electrons. The van der Waals surface area contributed by atoms with Gasteiger partial charge in [0.1, 0.15) is 0 Å². The molecule has 2 aromatic heterocycles.